The van der Waals surface area contributed by atoms with Crippen molar-refractivity contribution >= 4 is 11.8 Å². The molecule has 0 N–H and O–H groups in total. The highest BCUT2D eigenvalue weighted by Crippen LogP contribution is 2.42. The van der Waals surface area contributed by atoms with Gasteiger partial charge in [-0.05, 0) is 37.1 Å². The first-order chi connectivity index (χ1) is 15.2. The van der Waals surface area contributed by atoms with E-state index in [0.717, 1.165) is 25.2 Å². The van der Waals surface area contributed by atoms with Gasteiger partial charge in [0.1, 0.15) is 5.82 Å². The van der Waals surface area contributed by atoms with Gasteiger partial charge in [-0.25, -0.2) is 4.39 Å². The Morgan fingerprint density at radius 3 is 2.45 bits per heavy atom. The average Bonchev–Trinajstić information content (AvgIpc) is 3.46. The normalized spacial score (nSPS) is 15.8. The molecule has 9 heteroatoms. The van der Waals surface area contributed by atoms with Crippen molar-refractivity contribution in [2.75, 3.05) is 33.7 Å². The standard InChI is InChI=1S/C22H24FN3O4S/c1-27-18-11-14(12-19(28-2)20(18)29-3)21-24-25-22(31-13-15-7-6-10-30-15)26(21)17-9-5-4-8-16(17)23/h4-5,8-9,11-12,15H,6-7,10,13H2,1-3H3. The maximum absolute atomic E-state index is 14.8. The lowest BCUT2D eigenvalue weighted by atomic mass is 10.1. The topological polar surface area (TPSA) is 67.6 Å². The van der Waals surface area contributed by atoms with E-state index in [4.69, 9.17) is 18.9 Å². The highest BCUT2D eigenvalue weighted by Gasteiger charge is 2.24. The van der Waals surface area contributed by atoms with E-state index < -0.39 is 0 Å². The number of methoxy groups -OCH3 is 3. The van der Waals surface area contributed by atoms with Crippen molar-refractivity contribution in [3.63, 3.8) is 0 Å². The molecule has 1 aliphatic rings. The quantitative estimate of drug-likeness (QED) is 0.477. The summed E-state index contributed by atoms with van der Waals surface area (Å²) in [7, 11) is 4.64. The number of aromatic nitrogens is 3. The van der Waals surface area contributed by atoms with Gasteiger partial charge in [-0.15, -0.1) is 10.2 Å². The molecule has 0 bridgehead atoms. The maximum atomic E-state index is 14.8. The van der Waals surface area contributed by atoms with Crippen molar-refractivity contribution in [3.05, 3.63) is 42.2 Å². The molecule has 7 nitrogen and oxygen atoms in total. The molecular weight excluding hydrogens is 421 g/mol. The number of para-hydroxylation sites is 1. The van der Waals surface area contributed by atoms with Gasteiger partial charge in [0.15, 0.2) is 22.5 Å². The lowest BCUT2D eigenvalue weighted by Crippen LogP contribution is -2.09. The lowest BCUT2D eigenvalue weighted by Gasteiger charge is -2.16. The third-order valence-electron chi connectivity index (χ3n) is 5.07. The third-order valence-corrected chi connectivity index (χ3v) is 6.13. The Morgan fingerprint density at radius 2 is 1.84 bits per heavy atom. The molecule has 0 aliphatic carbocycles. The van der Waals surface area contributed by atoms with Crippen LogP contribution in [0.1, 0.15) is 12.8 Å². The van der Waals surface area contributed by atoms with E-state index in [1.807, 2.05) is 0 Å². The largest absolute Gasteiger partial charge is 0.493 e. The second-order valence-electron chi connectivity index (χ2n) is 6.95. The van der Waals surface area contributed by atoms with E-state index >= 15 is 0 Å². The van der Waals surface area contributed by atoms with Gasteiger partial charge in [0.2, 0.25) is 5.75 Å². The van der Waals surface area contributed by atoms with Gasteiger partial charge >= 0.3 is 0 Å². The number of halogens is 1. The number of hydrogen-bond acceptors (Lipinski definition) is 7. The smallest absolute Gasteiger partial charge is 0.203 e. The molecule has 2 heterocycles. The van der Waals surface area contributed by atoms with Gasteiger partial charge in [-0.2, -0.15) is 0 Å². The Kier molecular flexibility index (Phi) is 6.62. The van der Waals surface area contributed by atoms with Gasteiger partial charge in [-0.3, -0.25) is 4.57 Å². The summed E-state index contributed by atoms with van der Waals surface area (Å²) in [5.74, 6) is 2.26. The van der Waals surface area contributed by atoms with Gasteiger partial charge in [-0.1, -0.05) is 23.9 Å². The molecule has 1 aromatic heterocycles. The van der Waals surface area contributed by atoms with Crippen molar-refractivity contribution in [3.8, 4) is 34.3 Å². The van der Waals surface area contributed by atoms with E-state index in [1.165, 1.54) is 17.8 Å². The number of nitrogens with zero attached hydrogens (tertiary/aromatic N) is 3. The summed E-state index contributed by atoms with van der Waals surface area (Å²) in [6.45, 7) is 0.780. The number of hydrogen-bond donors (Lipinski definition) is 0. The van der Waals surface area contributed by atoms with Crippen LogP contribution in [0, 0.1) is 5.82 Å². The number of rotatable bonds is 8. The van der Waals surface area contributed by atoms with Crippen molar-refractivity contribution in [1.82, 2.24) is 14.8 Å². The van der Waals surface area contributed by atoms with Gasteiger partial charge in [0.25, 0.3) is 0 Å². The van der Waals surface area contributed by atoms with Crippen LogP contribution in [0.5, 0.6) is 17.2 Å². The summed E-state index contributed by atoms with van der Waals surface area (Å²) in [6.07, 6.45) is 2.24. The average molecular weight is 446 g/mol. The Hall–Kier alpha value is -2.78. The molecule has 0 radical (unpaired) electrons. The monoisotopic (exact) mass is 445 g/mol. The highest BCUT2D eigenvalue weighted by atomic mass is 32.2. The number of benzene rings is 2. The first-order valence-electron chi connectivity index (χ1n) is 9.91. The minimum absolute atomic E-state index is 0.167. The summed E-state index contributed by atoms with van der Waals surface area (Å²) in [4.78, 5) is 0. The van der Waals surface area contributed by atoms with E-state index in [-0.39, 0.29) is 11.9 Å². The van der Waals surface area contributed by atoms with Crippen LogP contribution in [0.2, 0.25) is 0 Å². The van der Waals surface area contributed by atoms with Crippen LogP contribution in [0.3, 0.4) is 0 Å². The van der Waals surface area contributed by atoms with Crippen LogP contribution in [-0.2, 0) is 4.74 Å². The van der Waals surface area contributed by atoms with Gasteiger partial charge in [0.05, 0.1) is 33.1 Å². The van der Waals surface area contributed by atoms with E-state index in [9.17, 15) is 4.39 Å². The van der Waals surface area contributed by atoms with Crippen LogP contribution in [-0.4, -0.2) is 54.6 Å². The molecule has 2 aromatic carbocycles. The summed E-state index contributed by atoms with van der Waals surface area (Å²) in [6, 6.07) is 10.1. The van der Waals surface area contributed by atoms with Crippen molar-refractivity contribution in [2.45, 2.75) is 24.1 Å². The molecule has 1 saturated heterocycles. The molecule has 1 fully saturated rings. The third kappa shape index (κ3) is 4.33. The summed E-state index contributed by atoms with van der Waals surface area (Å²) >= 11 is 1.50. The minimum atomic E-state index is -0.366. The minimum Gasteiger partial charge on any atom is -0.493 e. The predicted octanol–water partition coefficient (Wildman–Crippen LogP) is 4.37. The molecule has 0 spiro atoms. The van der Waals surface area contributed by atoms with E-state index in [0.29, 0.717) is 39.5 Å². The van der Waals surface area contributed by atoms with Crippen LogP contribution in [0.4, 0.5) is 4.39 Å². The first kappa shape index (κ1) is 21.5. The van der Waals surface area contributed by atoms with Crippen LogP contribution < -0.4 is 14.2 Å². The molecule has 0 amide bonds. The SMILES string of the molecule is COc1cc(-c2nnc(SCC3CCCO3)n2-c2ccccc2F)cc(OC)c1OC. The van der Waals surface area contributed by atoms with Crippen molar-refractivity contribution in [2.24, 2.45) is 0 Å². The zero-order chi connectivity index (χ0) is 21.8. The highest BCUT2D eigenvalue weighted by molar-refractivity contribution is 7.99. The second-order valence-corrected chi connectivity index (χ2v) is 7.94. The second kappa shape index (κ2) is 9.57. The Labute approximate surface area is 184 Å². The fourth-order valence-electron chi connectivity index (χ4n) is 3.55. The van der Waals surface area contributed by atoms with Gasteiger partial charge in [0, 0.05) is 17.9 Å². The van der Waals surface area contributed by atoms with Crippen LogP contribution >= 0.6 is 11.8 Å². The Balaban J connectivity index is 1.82. The van der Waals surface area contributed by atoms with E-state index in [2.05, 4.69) is 10.2 Å². The zero-order valence-corrected chi connectivity index (χ0v) is 18.4. The Bertz CT molecular complexity index is 1030. The van der Waals surface area contributed by atoms with Crippen molar-refractivity contribution in [1.29, 1.82) is 0 Å². The molecule has 3 aromatic rings. The number of thioether (sulfide) groups is 1. The van der Waals surface area contributed by atoms with Crippen LogP contribution in [0.15, 0.2) is 41.6 Å². The van der Waals surface area contributed by atoms with Crippen LogP contribution in [0.25, 0.3) is 17.1 Å². The molecule has 1 aliphatic heterocycles. The molecule has 1 atom stereocenters. The lowest BCUT2D eigenvalue weighted by molar-refractivity contribution is 0.129. The molecule has 0 saturated carbocycles. The summed E-state index contributed by atoms with van der Waals surface area (Å²) < 4.78 is 38.6. The van der Waals surface area contributed by atoms with Crippen molar-refractivity contribution < 1.29 is 23.3 Å². The molecular formula is C22H24FN3O4S. The molecule has 4 rings (SSSR count). The van der Waals surface area contributed by atoms with E-state index in [1.54, 1.807) is 56.2 Å². The predicted molar refractivity (Wildman–Crippen MR) is 116 cm³/mol. The fourth-order valence-corrected chi connectivity index (χ4v) is 4.56. The zero-order valence-electron chi connectivity index (χ0n) is 17.6. The maximum Gasteiger partial charge on any atom is 0.203 e. The fraction of sp³-hybridized carbons (Fsp3) is 0.364. The summed E-state index contributed by atoms with van der Waals surface area (Å²) in [5, 5.41) is 9.34. The molecule has 31 heavy (non-hydrogen) atoms. The number of ether oxygens (including phenoxy) is 4. The van der Waals surface area contributed by atoms with Gasteiger partial charge < -0.3 is 18.9 Å². The summed E-state index contributed by atoms with van der Waals surface area (Å²) in [5.41, 5.74) is 1.03. The first-order valence-corrected chi connectivity index (χ1v) is 10.9. The Morgan fingerprint density at radius 1 is 1.10 bits per heavy atom. The molecule has 1 unspecified atom stereocenters. The molecule has 164 valence electrons.